The van der Waals surface area contributed by atoms with E-state index in [0.717, 1.165) is 42.3 Å². The van der Waals surface area contributed by atoms with Gasteiger partial charge in [0.1, 0.15) is 24.5 Å². The number of nitrogens with zero attached hydrogens (tertiary/aromatic N) is 3. The summed E-state index contributed by atoms with van der Waals surface area (Å²) in [5, 5.41) is 29.4. The van der Waals surface area contributed by atoms with Crippen molar-refractivity contribution in [2.75, 3.05) is 119 Å². The van der Waals surface area contributed by atoms with Gasteiger partial charge in [0.25, 0.3) is 5.91 Å². The highest BCUT2D eigenvalue weighted by Gasteiger charge is 2.35. The van der Waals surface area contributed by atoms with Gasteiger partial charge in [-0.3, -0.25) is 24.0 Å². The normalized spacial score (nSPS) is 16.5. The number of amides is 4. The topological polar surface area (TPSA) is 291 Å². The molecule has 2 aliphatic rings. The number of aromatic nitrogens is 1. The van der Waals surface area contributed by atoms with Crippen molar-refractivity contribution in [2.45, 2.75) is 96.1 Å². The molecule has 4 amide bonds. The summed E-state index contributed by atoms with van der Waals surface area (Å²) < 4.78 is 62.8. The predicted molar refractivity (Wildman–Crippen MR) is 283 cm³/mol. The average molecular weight is 1100 g/mol. The molecule has 0 spiro atoms. The van der Waals surface area contributed by atoms with Gasteiger partial charge < -0.3 is 69.0 Å². The van der Waals surface area contributed by atoms with Gasteiger partial charge in [-0.2, -0.15) is 14.6 Å². The summed E-state index contributed by atoms with van der Waals surface area (Å²) in [5.41, 5.74) is 3.08. The van der Waals surface area contributed by atoms with E-state index in [0.29, 0.717) is 143 Å². The molecule has 1 aromatic carbocycles. The zero-order chi connectivity index (χ0) is 56.0. The summed E-state index contributed by atoms with van der Waals surface area (Å²) in [7, 11) is 1.57. The number of halogens is 1. The first-order valence-corrected chi connectivity index (χ1v) is 26.9. The predicted octanol–water partition coefficient (Wildman–Crippen LogP) is 3.59. The van der Waals surface area contributed by atoms with Crippen LogP contribution in [0.25, 0.3) is 0 Å². The number of carboxylic acid groups (broad SMARTS) is 1. The number of nitrogens with one attached hydrogen (secondary N) is 4. The fraction of sp³-hybridized carbons (Fsp3) is 0.648. The molecular formula is C54H80FN7O16. The highest BCUT2D eigenvalue weighted by molar-refractivity contribution is 6.07. The quantitative estimate of drug-likeness (QED) is 0.0361. The van der Waals surface area contributed by atoms with Gasteiger partial charge in [-0.1, -0.05) is 0 Å². The molecule has 23 nitrogen and oxygen atoms in total. The molecule has 0 saturated heterocycles. The van der Waals surface area contributed by atoms with E-state index >= 15 is 0 Å². The minimum absolute atomic E-state index is 0.0772. The number of carboxylic acids is 1. The van der Waals surface area contributed by atoms with Crippen LogP contribution in [0.15, 0.2) is 52.8 Å². The molecule has 4 rings (SSSR count). The number of carbonyl (C=O) groups excluding carboxylic acids is 5. The Bertz CT molecular complexity index is 2150. The number of ether oxygens (including phenoxy) is 9. The molecule has 5 N–H and O–H groups in total. The fourth-order valence-corrected chi connectivity index (χ4v) is 8.30. The van der Waals surface area contributed by atoms with Crippen molar-refractivity contribution in [3.05, 3.63) is 59.7 Å². The van der Waals surface area contributed by atoms with Gasteiger partial charge >= 0.3 is 11.9 Å². The molecule has 4 atom stereocenters. The fourth-order valence-electron chi connectivity index (χ4n) is 8.30. The van der Waals surface area contributed by atoms with Gasteiger partial charge in [0.2, 0.25) is 23.7 Å². The summed E-state index contributed by atoms with van der Waals surface area (Å²) in [6.07, 6.45) is 5.70. The summed E-state index contributed by atoms with van der Waals surface area (Å²) in [6, 6.07) is 9.12. The molecule has 78 heavy (non-hydrogen) atoms. The van der Waals surface area contributed by atoms with Gasteiger partial charge in [0.15, 0.2) is 0 Å². The molecule has 2 heterocycles. The van der Waals surface area contributed by atoms with Crippen LogP contribution in [-0.2, 0) is 61.9 Å². The molecular weight excluding hydrogens is 1020 g/mol. The number of benzene rings is 1. The van der Waals surface area contributed by atoms with Crippen LogP contribution in [0.2, 0.25) is 0 Å². The molecule has 1 aliphatic carbocycles. The molecule has 0 bridgehead atoms. The third-order valence-electron chi connectivity index (χ3n) is 12.5. The molecule has 1 fully saturated rings. The van der Waals surface area contributed by atoms with E-state index in [1.165, 1.54) is 12.3 Å². The molecule has 1 aliphatic heterocycles. The molecule has 2 aromatic rings. The molecule has 1 saturated carbocycles. The molecule has 1 aromatic heterocycles. The van der Waals surface area contributed by atoms with Crippen LogP contribution < -0.4 is 26.0 Å². The van der Waals surface area contributed by atoms with Crippen LogP contribution in [0.1, 0.15) is 99.9 Å². The lowest BCUT2D eigenvalue weighted by atomic mass is 9.74. The monoisotopic (exact) mass is 1100 g/mol. The Balaban J connectivity index is 0.990. The minimum Gasteiger partial charge on any atom is -0.491 e. The van der Waals surface area contributed by atoms with Crippen molar-refractivity contribution in [3.8, 4) is 5.75 Å². The highest BCUT2D eigenvalue weighted by atomic mass is 18.2. The van der Waals surface area contributed by atoms with E-state index in [1.54, 1.807) is 7.05 Å². The summed E-state index contributed by atoms with van der Waals surface area (Å²) >= 11 is 0. The van der Waals surface area contributed by atoms with Gasteiger partial charge in [0.05, 0.1) is 110 Å². The maximum absolute atomic E-state index is 12.9. The number of unbranched alkanes of at least 4 members (excludes halogenated alkanes) is 1. The Morgan fingerprint density at radius 3 is 1.86 bits per heavy atom. The number of carbonyl (C=O) groups is 6. The number of pyridine rings is 1. The molecule has 0 radical (unpaired) electrons. The number of hydrogen-bond acceptors (Lipinski definition) is 18. The zero-order valence-corrected chi connectivity index (χ0v) is 45.1. The highest BCUT2D eigenvalue weighted by Crippen LogP contribution is 2.36. The van der Waals surface area contributed by atoms with Crippen molar-refractivity contribution in [1.82, 2.24) is 26.3 Å². The van der Waals surface area contributed by atoms with E-state index in [4.69, 9.17) is 42.6 Å². The van der Waals surface area contributed by atoms with Crippen LogP contribution in [0.4, 0.5) is 4.39 Å². The Labute approximate surface area is 455 Å². The SMILES string of the molecule is CNC(=O)CCOCCOCCOCCOCCC(=O)NCCCC[C@@H](NC(=O)CCC(=O)OC1CCCC2C(c3ccc(OCCOCCOCCOCCNC(=O)c4ccc([18F])nc4)cc3)=NN=C(C)C2CC1)C(=O)O. The van der Waals surface area contributed by atoms with Crippen molar-refractivity contribution in [2.24, 2.45) is 22.0 Å². The minimum atomic E-state index is -1.18. The number of esters is 1. The number of fused-ring (bicyclic) bond motifs is 1. The second-order valence-corrected chi connectivity index (χ2v) is 18.3. The standard InChI is InChI=1S/C54H80FN7O16/c1-39-44-15-14-43(78-51(66)18-17-50(65)60-46(54(68)69)8-3-4-21-57-49(64)20-24-71-27-30-74-33-32-73-29-26-70-23-19-48(63)56-2)6-5-7-45(44)52(62-61-39)40-9-12-42(13-10-40)77-37-36-76-35-34-75-31-28-72-25-22-58-53(67)41-11-16-47(55)59-38-41/h9-13,16,38,43-46H,3-8,14-15,17-37H2,1-2H3,(H,56,63)(H,57,64)(H,58,67)(H,60,65)(H,68,69)/t43?,44?,45?,46-/m1/s1/i55-1. The second kappa shape index (κ2) is 39.4. The van der Waals surface area contributed by atoms with Gasteiger partial charge in [-0.05, 0) is 100 Å². The number of aliphatic carboxylic acids is 1. The van der Waals surface area contributed by atoms with Gasteiger partial charge in [-0.15, -0.1) is 0 Å². The Kier molecular flexibility index (Phi) is 32.5. The Hall–Kier alpha value is -6.02. The van der Waals surface area contributed by atoms with E-state index in [-0.39, 0.29) is 73.5 Å². The van der Waals surface area contributed by atoms with E-state index in [1.807, 2.05) is 31.2 Å². The van der Waals surface area contributed by atoms with Crippen LogP contribution >= 0.6 is 0 Å². The maximum Gasteiger partial charge on any atom is 0.326 e. The van der Waals surface area contributed by atoms with E-state index in [2.05, 4.69) is 36.5 Å². The van der Waals surface area contributed by atoms with E-state index < -0.39 is 29.8 Å². The third-order valence-corrected chi connectivity index (χ3v) is 12.5. The zero-order valence-electron chi connectivity index (χ0n) is 45.1. The Morgan fingerprint density at radius 1 is 0.628 bits per heavy atom. The first kappa shape index (κ1) is 64.5. The van der Waals surface area contributed by atoms with Crippen LogP contribution in [-0.4, -0.2) is 188 Å². The first-order valence-electron chi connectivity index (χ1n) is 26.9. The second-order valence-electron chi connectivity index (χ2n) is 18.3. The van der Waals surface area contributed by atoms with Crippen molar-refractivity contribution < 1.29 is 80.9 Å². The maximum atomic E-state index is 12.9. The lowest BCUT2D eigenvalue weighted by Gasteiger charge is -2.34. The lowest BCUT2D eigenvalue weighted by Crippen LogP contribution is -2.41. The smallest absolute Gasteiger partial charge is 0.326 e. The van der Waals surface area contributed by atoms with E-state index in [9.17, 15) is 38.3 Å². The number of hydrogen-bond donors (Lipinski definition) is 5. The molecule has 24 heteroatoms. The molecule has 3 unspecified atom stereocenters. The summed E-state index contributed by atoms with van der Waals surface area (Å²) in [5.74, 6) is -2.57. The van der Waals surface area contributed by atoms with Crippen LogP contribution in [0.3, 0.4) is 0 Å². The lowest BCUT2D eigenvalue weighted by molar-refractivity contribution is -0.151. The van der Waals surface area contributed by atoms with Crippen molar-refractivity contribution >= 4 is 47.0 Å². The van der Waals surface area contributed by atoms with Crippen molar-refractivity contribution in [1.29, 1.82) is 0 Å². The van der Waals surface area contributed by atoms with Crippen molar-refractivity contribution in [3.63, 3.8) is 0 Å². The van der Waals surface area contributed by atoms with Crippen LogP contribution in [0.5, 0.6) is 5.75 Å². The molecule has 434 valence electrons. The average Bonchev–Trinajstić information content (AvgIpc) is 3.51. The summed E-state index contributed by atoms with van der Waals surface area (Å²) in [4.78, 5) is 76.3. The summed E-state index contributed by atoms with van der Waals surface area (Å²) in [6.45, 7) is 7.94. The van der Waals surface area contributed by atoms with Gasteiger partial charge in [0, 0.05) is 63.1 Å². The van der Waals surface area contributed by atoms with Crippen LogP contribution in [0, 0.1) is 17.8 Å². The largest absolute Gasteiger partial charge is 0.491 e. The third kappa shape index (κ3) is 27.5. The Morgan fingerprint density at radius 2 is 1.24 bits per heavy atom. The number of rotatable bonds is 41. The van der Waals surface area contributed by atoms with Gasteiger partial charge in [-0.25, -0.2) is 9.78 Å². The first-order chi connectivity index (χ1) is 37.9.